The summed E-state index contributed by atoms with van der Waals surface area (Å²) in [5, 5.41) is 21.9. The molecule has 0 radical (unpaired) electrons. The number of phenolic OH excluding ortho intramolecular Hbond substituents is 1. The largest absolute Gasteiger partial charge is 0.507 e. The molecule has 0 aliphatic heterocycles. The number of nitriles is 1. The summed E-state index contributed by atoms with van der Waals surface area (Å²) in [6.07, 6.45) is 0. The lowest BCUT2D eigenvalue weighted by molar-refractivity contribution is 0.460. The number of nitrogens with one attached hydrogen (secondary N) is 1. The van der Waals surface area contributed by atoms with Gasteiger partial charge in [0.2, 0.25) is 0 Å². The molecule has 3 nitrogen and oxygen atoms in total. The van der Waals surface area contributed by atoms with Gasteiger partial charge >= 0.3 is 0 Å². The van der Waals surface area contributed by atoms with Gasteiger partial charge in [-0.15, -0.1) is 0 Å². The predicted octanol–water partition coefficient (Wildman–Crippen LogP) is 2.86. The molecular weight excluding hydrogens is 236 g/mol. The smallest absolute Gasteiger partial charge is 0.122 e. The lowest BCUT2D eigenvalue weighted by Gasteiger charge is -2.08. The van der Waals surface area contributed by atoms with E-state index in [2.05, 4.69) is 11.4 Å². The minimum Gasteiger partial charge on any atom is -0.507 e. The zero-order chi connectivity index (χ0) is 13.7. The molecule has 0 aliphatic carbocycles. The summed E-state index contributed by atoms with van der Waals surface area (Å²) in [5.74, 6) is 0.356. The van der Waals surface area contributed by atoms with Gasteiger partial charge in [-0.05, 0) is 30.2 Å². The minimum atomic E-state index is 0.356. The number of hydrogen-bond acceptors (Lipinski definition) is 3. The molecule has 2 N–H and O–H groups in total. The first kappa shape index (κ1) is 13.1. The van der Waals surface area contributed by atoms with Gasteiger partial charge in [-0.25, -0.2) is 0 Å². The molecule has 0 aliphatic rings. The summed E-state index contributed by atoms with van der Waals surface area (Å²) >= 11 is 0. The molecule has 0 spiro atoms. The summed E-state index contributed by atoms with van der Waals surface area (Å²) < 4.78 is 0. The van der Waals surface area contributed by atoms with Crippen LogP contribution in [0.15, 0.2) is 42.5 Å². The fraction of sp³-hybridized carbons (Fsp3) is 0.188. The van der Waals surface area contributed by atoms with Gasteiger partial charge in [0.15, 0.2) is 0 Å². The van der Waals surface area contributed by atoms with Crippen LogP contribution < -0.4 is 5.32 Å². The van der Waals surface area contributed by atoms with Crippen molar-refractivity contribution in [2.45, 2.75) is 20.0 Å². The van der Waals surface area contributed by atoms with Crippen LogP contribution in [0.4, 0.5) is 0 Å². The molecule has 0 fully saturated rings. The predicted molar refractivity (Wildman–Crippen MR) is 74.5 cm³/mol. The standard InChI is InChI=1S/C16H16N2O/c1-12-3-2-4-15(16(12)19)11-18-10-14-7-5-13(9-17)6-8-14/h2-8,18-19H,10-11H2,1H3. The highest BCUT2D eigenvalue weighted by Crippen LogP contribution is 2.21. The molecule has 0 bridgehead atoms. The number of rotatable bonds is 4. The van der Waals surface area contributed by atoms with Gasteiger partial charge in [-0.2, -0.15) is 5.26 Å². The molecule has 0 amide bonds. The highest BCUT2D eigenvalue weighted by atomic mass is 16.3. The molecule has 2 aromatic carbocycles. The van der Waals surface area contributed by atoms with Crippen molar-refractivity contribution in [3.05, 3.63) is 64.7 Å². The van der Waals surface area contributed by atoms with Crippen LogP contribution in [0.2, 0.25) is 0 Å². The fourth-order valence-electron chi connectivity index (χ4n) is 1.90. The zero-order valence-electron chi connectivity index (χ0n) is 10.9. The second-order valence-electron chi connectivity index (χ2n) is 4.49. The number of phenols is 1. The number of para-hydroxylation sites is 1. The maximum atomic E-state index is 9.89. The zero-order valence-corrected chi connectivity index (χ0v) is 10.9. The molecule has 2 aromatic rings. The molecule has 0 aromatic heterocycles. The van der Waals surface area contributed by atoms with Gasteiger partial charge in [0, 0.05) is 18.7 Å². The SMILES string of the molecule is Cc1cccc(CNCc2ccc(C#N)cc2)c1O. The number of aryl methyl sites for hydroxylation is 1. The van der Waals surface area contributed by atoms with Crippen LogP contribution in [0.1, 0.15) is 22.3 Å². The van der Waals surface area contributed by atoms with Crippen LogP contribution in [0, 0.1) is 18.3 Å². The summed E-state index contributed by atoms with van der Waals surface area (Å²) in [7, 11) is 0. The number of nitrogens with zero attached hydrogens (tertiary/aromatic N) is 1. The Morgan fingerprint density at radius 1 is 1.11 bits per heavy atom. The normalized spacial score (nSPS) is 10.1. The van der Waals surface area contributed by atoms with Crippen molar-refractivity contribution in [1.82, 2.24) is 5.32 Å². The van der Waals surface area contributed by atoms with E-state index in [1.54, 1.807) is 12.1 Å². The topological polar surface area (TPSA) is 56.0 Å². The first-order valence-corrected chi connectivity index (χ1v) is 6.18. The van der Waals surface area contributed by atoms with Crippen molar-refractivity contribution in [2.24, 2.45) is 0 Å². The molecule has 0 saturated carbocycles. The van der Waals surface area contributed by atoms with Crippen LogP contribution in [-0.4, -0.2) is 5.11 Å². The lowest BCUT2D eigenvalue weighted by atomic mass is 10.1. The Balaban J connectivity index is 1.93. The van der Waals surface area contributed by atoms with Crippen molar-refractivity contribution in [1.29, 1.82) is 5.26 Å². The minimum absolute atomic E-state index is 0.356. The molecule has 0 saturated heterocycles. The molecule has 19 heavy (non-hydrogen) atoms. The maximum absolute atomic E-state index is 9.89. The van der Waals surface area contributed by atoms with Gasteiger partial charge in [0.25, 0.3) is 0 Å². The summed E-state index contributed by atoms with van der Waals surface area (Å²) in [6.45, 7) is 3.21. The average molecular weight is 252 g/mol. The van der Waals surface area contributed by atoms with Crippen LogP contribution >= 0.6 is 0 Å². The molecular formula is C16H16N2O. The third-order valence-electron chi connectivity index (χ3n) is 3.05. The Hall–Kier alpha value is -2.31. The van der Waals surface area contributed by atoms with Crippen LogP contribution in [0.3, 0.4) is 0 Å². The summed E-state index contributed by atoms with van der Waals surface area (Å²) in [4.78, 5) is 0. The van der Waals surface area contributed by atoms with Crippen molar-refractivity contribution in [3.63, 3.8) is 0 Å². The van der Waals surface area contributed by atoms with E-state index in [1.807, 2.05) is 37.3 Å². The van der Waals surface area contributed by atoms with Crippen LogP contribution in [-0.2, 0) is 13.1 Å². The van der Waals surface area contributed by atoms with Gasteiger partial charge < -0.3 is 10.4 Å². The van der Waals surface area contributed by atoms with Crippen LogP contribution in [0.25, 0.3) is 0 Å². The number of hydrogen-bond donors (Lipinski definition) is 2. The molecule has 3 heteroatoms. The average Bonchev–Trinajstić information content (AvgIpc) is 2.44. The van der Waals surface area contributed by atoms with Crippen LogP contribution in [0.5, 0.6) is 5.75 Å². The second-order valence-corrected chi connectivity index (χ2v) is 4.49. The van der Waals surface area contributed by atoms with Gasteiger partial charge in [0.1, 0.15) is 5.75 Å². The highest BCUT2D eigenvalue weighted by molar-refractivity contribution is 5.39. The van der Waals surface area contributed by atoms with E-state index in [0.29, 0.717) is 24.4 Å². The first-order valence-electron chi connectivity index (χ1n) is 6.18. The van der Waals surface area contributed by atoms with Crippen molar-refractivity contribution < 1.29 is 5.11 Å². The van der Waals surface area contributed by atoms with Crippen molar-refractivity contribution in [2.75, 3.05) is 0 Å². The fourth-order valence-corrected chi connectivity index (χ4v) is 1.90. The van der Waals surface area contributed by atoms with E-state index in [1.165, 1.54) is 0 Å². The quantitative estimate of drug-likeness (QED) is 0.879. The van der Waals surface area contributed by atoms with Gasteiger partial charge in [-0.1, -0.05) is 30.3 Å². The van der Waals surface area contributed by atoms with E-state index in [9.17, 15) is 5.11 Å². The van der Waals surface area contributed by atoms with E-state index in [4.69, 9.17) is 5.26 Å². The molecule has 0 atom stereocenters. The first-order chi connectivity index (χ1) is 9.20. The Bertz CT molecular complexity index is 597. The van der Waals surface area contributed by atoms with E-state index in [-0.39, 0.29) is 0 Å². The molecule has 96 valence electrons. The van der Waals surface area contributed by atoms with Gasteiger partial charge in [-0.3, -0.25) is 0 Å². The van der Waals surface area contributed by atoms with Crippen molar-refractivity contribution >= 4 is 0 Å². The van der Waals surface area contributed by atoms with E-state index < -0.39 is 0 Å². The molecule has 0 unspecified atom stereocenters. The molecule has 2 rings (SSSR count). The monoisotopic (exact) mass is 252 g/mol. The third kappa shape index (κ3) is 3.34. The lowest BCUT2D eigenvalue weighted by Crippen LogP contribution is -2.12. The van der Waals surface area contributed by atoms with Crippen molar-refractivity contribution in [3.8, 4) is 11.8 Å². The Morgan fingerprint density at radius 2 is 1.84 bits per heavy atom. The Morgan fingerprint density at radius 3 is 2.53 bits per heavy atom. The maximum Gasteiger partial charge on any atom is 0.122 e. The Labute approximate surface area is 113 Å². The highest BCUT2D eigenvalue weighted by Gasteiger charge is 2.02. The second kappa shape index (κ2) is 6.03. The number of benzene rings is 2. The van der Waals surface area contributed by atoms with Gasteiger partial charge in [0.05, 0.1) is 11.6 Å². The van der Waals surface area contributed by atoms with E-state index in [0.717, 1.165) is 16.7 Å². The summed E-state index contributed by atoms with van der Waals surface area (Å²) in [6, 6.07) is 15.3. The summed E-state index contributed by atoms with van der Waals surface area (Å²) in [5.41, 5.74) is 3.57. The van der Waals surface area contributed by atoms with E-state index >= 15 is 0 Å². The number of aromatic hydroxyl groups is 1. The Kier molecular flexibility index (Phi) is 4.17. The third-order valence-corrected chi connectivity index (χ3v) is 3.05. The molecule has 0 heterocycles.